The summed E-state index contributed by atoms with van der Waals surface area (Å²) in [4.78, 5) is 14.1. The highest BCUT2D eigenvalue weighted by Crippen LogP contribution is 2.40. The summed E-state index contributed by atoms with van der Waals surface area (Å²) in [5.41, 5.74) is 0.773. The van der Waals surface area contributed by atoms with Crippen molar-refractivity contribution in [1.29, 1.82) is 0 Å². The number of amides is 1. The van der Waals surface area contributed by atoms with E-state index in [0.717, 1.165) is 44.5 Å². The molecule has 3 fully saturated rings. The van der Waals surface area contributed by atoms with Gasteiger partial charge in [-0.2, -0.15) is 0 Å². The lowest BCUT2D eigenvalue weighted by Gasteiger charge is -2.47. The first-order valence-electron chi connectivity index (χ1n) is 9.36. The lowest BCUT2D eigenvalue weighted by atomic mass is 9.86. The average Bonchev–Trinajstić information content (AvgIpc) is 3.26. The van der Waals surface area contributed by atoms with E-state index in [0.29, 0.717) is 31.0 Å². The van der Waals surface area contributed by atoms with E-state index in [1.165, 1.54) is 25.0 Å². The highest BCUT2D eigenvalue weighted by Gasteiger charge is 2.51. The van der Waals surface area contributed by atoms with Crippen molar-refractivity contribution in [3.63, 3.8) is 0 Å². The van der Waals surface area contributed by atoms with Gasteiger partial charge in [0.1, 0.15) is 11.4 Å². The molecular weight excluding hydrogens is 321 g/mol. The molecule has 2 heterocycles. The molecule has 2 aliphatic heterocycles. The van der Waals surface area contributed by atoms with Crippen molar-refractivity contribution in [2.75, 3.05) is 26.3 Å². The van der Waals surface area contributed by atoms with E-state index in [1.54, 1.807) is 6.07 Å². The number of halogens is 1. The minimum atomic E-state index is -0.224. The Morgan fingerprint density at radius 2 is 2.16 bits per heavy atom. The standard InChI is InChI=1S/C20H26FNO3/c21-18-3-1-2-16(8-18)11-24-7-6-17-10-20(25-12-17)13-22(14-20)19(23)9-15-4-5-15/h1-3,8,15,17H,4-7,9-14H2. The maximum Gasteiger partial charge on any atom is 0.223 e. The fraction of sp³-hybridized carbons (Fsp3) is 0.650. The minimum Gasteiger partial charge on any atom is -0.377 e. The zero-order valence-corrected chi connectivity index (χ0v) is 14.6. The fourth-order valence-corrected chi connectivity index (χ4v) is 3.93. The maximum atomic E-state index is 13.1. The first-order valence-corrected chi connectivity index (χ1v) is 9.36. The smallest absolute Gasteiger partial charge is 0.223 e. The number of benzene rings is 1. The fourth-order valence-electron chi connectivity index (χ4n) is 3.93. The maximum absolute atomic E-state index is 13.1. The quantitative estimate of drug-likeness (QED) is 0.711. The van der Waals surface area contributed by atoms with Gasteiger partial charge in [0.2, 0.25) is 5.91 Å². The first-order chi connectivity index (χ1) is 12.1. The van der Waals surface area contributed by atoms with Crippen LogP contribution in [0, 0.1) is 17.7 Å². The molecule has 136 valence electrons. The molecule has 4 rings (SSSR count). The molecule has 1 unspecified atom stereocenters. The number of carbonyl (C=O) groups excluding carboxylic acids is 1. The summed E-state index contributed by atoms with van der Waals surface area (Å²) in [6.07, 6.45) is 5.14. The van der Waals surface area contributed by atoms with Gasteiger partial charge in [0.25, 0.3) is 0 Å². The van der Waals surface area contributed by atoms with Gasteiger partial charge in [-0.1, -0.05) is 12.1 Å². The topological polar surface area (TPSA) is 38.8 Å². The molecule has 0 aromatic heterocycles. The molecular formula is C20H26FNO3. The number of nitrogens with zero attached hydrogens (tertiary/aromatic N) is 1. The molecule has 5 heteroatoms. The molecule has 25 heavy (non-hydrogen) atoms. The highest BCUT2D eigenvalue weighted by atomic mass is 19.1. The van der Waals surface area contributed by atoms with Gasteiger partial charge in [-0.25, -0.2) is 4.39 Å². The summed E-state index contributed by atoms with van der Waals surface area (Å²) in [5.74, 6) is 1.22. The van der Waals surface area contributed by atoms with E-state index >= 15 is 0 Å². The molecule has 1 atom stereocenters. The van der Waals surface area contributed by atoms with Gasteiger partial charge in [0.05, 0.1) is 26.3 Å². The zero-order valence-electron chi connectivity index (χ0n) is 14.6. The van der Waals surface area contributed by atoms with Crippen molar-refractivity contribution in [3.8, 4) is 0 Å². The number of carbonyl (C=O) groups is 1. The lowest BCUT2D eigenvalue weighted by Crippen LogP contribution is -2.63. The van der Waals surface area contributed by atoms with Crippen LogP contribution in [0.1, 0.15) is 37.7 Å². The van der Waals surface area contributed by atoms with Crippen molar-refractivity contribution >= 4 is 5.91 Å². The van der Waals surface area contributed by atoms with Crippen LogP contribution in [0.4, 0.5) is 4.39 Å². The lowest BCUT2D eigenvalue weighted by molar-refractivity contribution is -0.158. The Hall–Kier alpha value is -1.46. The molecule has 0 radical (unpaired) electrons. The van der Waals surface area contributed by atoms with Crippen LogP contribution in [-0.2, 0) is 20.9 Å². The van der Waals surface area contributed by atoms with Crippen LogP contribution in [0.15, 0.2) is 24.3 Å². The molecule has 1 aromatic carbocycles. The van der Waals surface area contributed by atoms with E-state index in [9.17, 15) is 9.18 Å². The summed E-state index contributed by atoms with van der Waals surface area (Å²) in [5, 5.41) is 0. The number of hydrogen-bond donors (Lipinski definition) is 0. The summed E-state index contributed by atoms with van der Waals surface area (Å²) in [6.45, 7) is 3.39. The monoisotopic (exact) mass is 347 g/mol. The molecule has 1 aromatic rings. The Labute approximate surface area is 148 Å². The van der Waals surface area contributed by atoms with Gasteiger partial charge in [-0.3, -0.25) is 4.79 Å². The zero-order chi connectivity index (χ0) is 17.3. The Kier molecular flexibility index (Phi) is 4.78. The molecule has 1 aliphatic carbocycles. The van der Waals surface area contributed by atoms with Gasteiger partial charge < -0.3 is 14.4 Å². The third-order valence-electron chi connectivity index (χ3n) is 5.59. The average molecular weight is 347 g/mol. The van der Waals surface area contributed by atoms with Crippen LogP contribution in [-0.4, -0.2) is 42.7 Å². The SMILES string of the molecule is O=C(CC1CC1)N1CC2(CC(CCOCc3cccc(F)c3)CO2)C1. The van der Waals surface area contributed by atoms with Gasteiger partial charge in [-0.05, 0) is 55.2 Å². The van der Waals surface area contributed by atoms with Crippen LogP contribution in [0.2, 0.25) is 0 Å². The summed E-state index contributed by atoms with van der Waals surface area (Å²) in [6, 6.07) is 6.53. The second-order valence-electron chi connectivity index (χ2n) is 7.93. The molecule has 1 saturated carbocycles. The second kappa shape index (κ2) is 7.04. The van der Waals surface area contributed by atoms with Crippen molar-refractivity contribution < 1.29 is 18.7 Å². The highest BCUT2D eigenvalue weighted by molar-refractivity contribution is 5.78. The third-order valence-corrected chi connectivity index (χ3v) is 5.59. The number of hydrogen-bond acceptors (Lipinski definition) is 3. The van der Waals surface area contributed by atoms with Crippen molar-refractivity contribution in [2.45, 2.75) is 44.3 Å². The van der Waals surface area contributed by atoms with Crippen LogP contribution in [0.3, 0.4) is 0 Å². The number of ether oxygens (including phenoxy) is 2. The van der Waals surface area contributed by atoms with Gasteiger partial charge in [0.15, 0.2) is 0 Å². The van der Waals surface area contributed by atoms with E-state index in [2.05, 4.69) is 0 Å². The van der Waals surface area contributed by atoms with E-state index in [1.807, 2.05) is 11.0 Å². The van der Waals surface area contributed by atoms with Crippen LogP contribution in [0.25, 0.3) is 0 Å². The van der Waals surface area contributed by atoms with Gasteiger partial charge >= 0.3 is 0 Å². The van der Waals surface area contributed by atoms with E-state index < -0.39 is 0 Å². The predicted octanol–water partition coefficient (Wildman–Crippen LogP) is 3.15. The van der Waals surface area contributed by atoms with Crippen molar-refractivity contribution in [1.82, 2.24) is 4.90 Å². The second-order valence-corrected chi connectivity index (χ2v) is 7.93. The molecule has 0 N–H and O–H groups in total. The van der Waals surface area contributed by atoms with Crippen molar-refractivity contribution in [2.24, 2.45) is 11.8 Å². The Bertz CT molecular complexity index is 625. The van der Waals surface area contributed by atoms with Crippen LogP contribution >= 0.6 is 0 Å². The number of likely N-dealkylation sites (tertiary alicyclic amines) is 1. The molecule has 1 spiro atoms. The number of rotatable bonds is 7. The minimum absolute atomic E-state index is 0.0908. The summed E-state index contributed by atoms with van der Waals surface area (Å²) >= 11 is 0. The Balaban J connectivity index is 1.13. The molecule has 0 bridgehead atoms. The van der Waals surface area contributed by atoms with Gasteiger partial charge in [0, 0.05) is 13.0 Å². The molecule has 2 saturated heterocycles. The summed E-state index contributed by atoms with van der Waals surface area (Å²) in [7, 11) is 0. The Morgan fingerprint density at radius 1 is 1.32 bits per heavy atom. The normalized spacial score (nSPS) is 24.5. The van der Waals surface area contributed by atoms with Crippen molar-refractivity contribution in [3.05, 3.63) is 35.6 Å². The molecule has 4 nitrogen and oxygen atoms in total. The predicted molar refractivity (Wildman–Crippen MR) is 91.4 cm³/mol. The van der Waals surface area contributed by atoms with Crippen LogP contribution < -0.4 is 0 Å². The summed E-state index contributed by atoms with van der Waals surface area (Å²) < 4.78 is 24.8. The molecule has 1 amide bonds. The molecule has 3 aliphatic rings. The Morgan fingerprint density at radius 3 is 2.92 bits per heavy atom. The first kappa shape index (κ1) is 17.0. The van der Waals surface area contributed by atoms with E-state index in [4.69, 9.17) is 9.47 Å². The third kappa shape index (κ3) is 4.21. The van der Waals surface area contributed by atoms with Gasteiger partial charge in [-0.15, -0.1) is 0 Å². The van der Waals surface area contributed by atoms with Crippen LogP contribution in [0.5, 0.6) is 0 Å². The van der Waals surface area contributed by atoms with E-state index in [-0.39, 0.29) is 11.4 Å². The largest absolute Gasteiger partial charge is 0.377 e.